The monoisotopic (exact) mass is 454 g/mol. The molecule has 0 spiro atoms. The summed E-state index contributed by atoms with van der Waals surface area (Å²) >= 11 is 17.4. The minimum Gasteiger partial charge on any atom is -0.192 e. The zero-order chi connectivity index (χ0) is 17.8. The van der Waals surface area contributed by atoms with Crippen molar-refractivity contribution in [3.63, 3.8) is 0 Å². The molecule has 0 amide bonds. The van der Waals surface area contributed by atoms with Crippen molar-refractivity contribution in [2.24, 2.45) is 5.10 Å². The molecule has 8 heteroatoms. The van der Waals surface area contributed by atoms with Gasteiger partial charge in [0.1, 0.15) is 0 Å². The highest BCUT2D eigenvalue weighted by molar-refractivity contribution is 9.10. The predicted molar refractivity (Wildman–Crippen MR) is 108 cm³/mol. The fraction of sp³-hybridized carbons (Fsp3) is 0.118. The molecule has 0 radical (unpaired) electrons. The van der Waals surface area contributed by atoms with Gasteiger partial charge in [0.25, 0.3) is 0 Å². The summed E-state index contributed by atoms with van der Waals surface area (Å²) in [5.41, 5.74) is 1.86. The van der Waals surface area contributed by atoms with E-state index in [4.69, 9.17) is 23.2 Å². The third-order valence-corrected chi connectivity index (χ3v) is 5.53. The van der Waals surface area contributed by atoms with E-state index in [0.717, 1.165) is 10.2 Å². The molecular formula is C17H13BrCl2N4S. The van der Waals surface area contributed by atoms with Crippen molar-refractivity contribution >= 4 is 57.1 Å². The largest absolute Gasteiger partial charge is 0.212 e. The van der Waals surface area contributed by atoms with Crippen LogP contribution in [0, 0.1) is 6.92 Å². The molecule has 0 aliphatic rings. The smallest absolute Gasteiger partial charge is 0.192 e. The second-order valence-electron chi connectivity index (χ2n) is 5.14. The first kappa shape index (κ1) is 18.5. The number of aromatic nitrogens is 3. The van der Waals surface area contributed by atoms with E-state index in [1.165, 1.54) is 5.56 Å². The van der Waals surface area contributed by atoms with Crippen LogP contribution in [0.4, 0.5) is 0 Å². The van der Waals surface area contributed by atoms with Crippen LogP contribution in [-0.2, 0) is 5.75 Å². The molecule has 3 rings (SSSR count). The van der Waals surface area contributed by atoms with E-state index in [9.17, 15) is 0 Å². The van der Waals surface area contributed by atoms with Gasteiger partial charge in [0.05, 0.1) is 16.3 Å². The number of benzene rings is 2. The molecule has 0 aliphatic carbocycles. The Morgan fingerprint density at radius 2 is 1.80 bits per heavy atom. The molecular weight excluding hydrogens is 443 g/mol. The van der Waals surface area contributed by atoms with Crippen LogP contribution in [0.1, 0.15) is 17.0 Å². The average molecular weight is 456 g/mol. The second-order valence-corrected chi connectivity index (χ2v) is 7.81. The van der Waals surface area contributed by atoms with Crippen molar-refractivity contribution in [1.29, 1.82) is 0 Å². The predicted octanol–water partition coefficient (Wildman–Crippen LogP) is 5.83. The number of hydrogen-bond acceptors (Lipinski definition) is 4. The summed E-state index contributed by atoms with van der Waals surface area (Å²) in [6, 6.07) is 13.5. The van der Waals surface area contributed by atoms with Crippen molar-refractivity contribution in [3.05, 3.63) is 73.9 Å². The second kappa shape index (κ2) is 8.36. The summed E-state index contributed by atoms with van der Waals surface area (Å²) in [6.07, 6.45) is 1.63. The van der Waals surface area contributed by atoms with E-state index >= 15 is 0 Å². The number of hydrogen-bond donors (Lipinski definition) is 0. The van der Waals surface area contributed by atoms with Crippen LogP contribution in [0.3, 0.4) is 0 Å². The molecule has 0 bridgehead atoms. The van der Waals surface area contributed by atoms with Gasteiger partial charge >= 0.3 is 0 Å². The highest BCUT2D eigenvalue weighted by Crippen LogP contribution is 2.24. The van der Waals surface area contributed by atoms with Crippen LogP contribution in [0.2, 0.25) is 10.0 Å². The molecule has 0 N–H and O–H groups in total. The first-order chi connectivity index (χ1) is 12.0. The lowest BCUT2D eigenvalue weighted by Gasteiger charge is -2.04. The molecule has 0 saturated carbocycles. The number of nitrogens with zero attached hydrogens (tertiary/aromatic N) is 4. The van der Waals surface area contributed by atoms with E-state index < -0.39 is 0 Å². The van der Waals surface area contributed by atoms with Gasteiger partial charge in [0, 0.05) is 15.8 Å². The summed E-state index contributed by atoms with van der Waals surface area (Å²) in [7, 11) is 0. The Bertz CT molecular complexity index is 889. The first-order valence-corrected chi connectivity index (χ1v) is 9.85. The quantitative estimate of drug-likeness (QED) is 0.359. The Balaban J connectivity index is 1.79. The summed E-state index contributed by atoms with van der Waals surface area (Å²) in [6.45, 7) is 1.85. The molecule has 0 aliphatic heterocycles. The maximum atomic E-state index is 6.18. The van der Waals surface area contributed by atoms with Crippen molar-refractivity contribution in [1.82, 2.24) is 14.9 Å². The maximum Gasteiger partial charge on any atom is 0.212 e. The maximum absolute atomic E-state index is 6.18. The molecule has 4 nitrogen and oxygen atoms in total. The Morgan fingerprint density at radius 3 is 2.48 bits per heavy atom. The van der Waals surface area contributed by atoms with E-state index in [0.29, 0.717) is 26.6 Å². The summed E-state index contributed by atoms with van der Waals surface area (Å²) < 4.78 is 2.74. The lowest BCUT2D eigenvalue weighted by molar-refractivity contribution is 0.744. The van der Waals surface area contributed by atoms with E-state index in [2.05, 4.69) is 43.4 Å². The molecule has 2 aromatic carbocycles. The lowest BCUT2D eigenvalue weighted by Crippen LogP contribution is -1.97. The third-order valence-electron chi connectivity index (χ3n) is 3.35. The third kappa shape index (κ3) is 4.64. The van der Waals surface area contributed by atoms with Crippen LogP contribution in [-0.4, -0.2) is 21.1 Å². The van der Waals surface area contributed by atoms with Crippen LogP contribution in [0.5, 0.6) is 0 Å². The number of thioether (sulfide) groups is 1. The normalized spacial score (nSPS) is 11.4. The van der Waals surface area contributed by atoms with Crippen LogP contribution in [0.15, 0.2) is 57.2 Å². The van der Waals surface area contributed by atoms with Gasteiger partial charge in [-0.2, -0.15) is 9.78 Å². The minimum absolute atomic E-state index is 0.547. The highest BCUT2D eigenvalue weighted by atomic mass is 79.9. The van der Waals surface area contributed by atoms with Crippen LogP contribution < -0.4 is 0 Å². The van der Waals surface area contributed by atoms with Crippen molar-refractivity contribution < 1.29 is 0 Å². The molecule has 0 fully saturated rings. The van der Waals surface area contributed by atoms with Gasteiger partial charge in [0.2, 0.25) is 5.16 Å². The van der Waals surface area contributed by atoms with E-state index in [1.54, 1.807) is 40.9 Å². The van der Waals surface area contributed by atoms with Crippen LogP contribution in [0.25, 0.3) is 0 Å². The fourth-order valence-electron chi connectivity index (χ4n) is 2.04. The van der Waals surface area contributed by atoms with Crippen molar-refractivity contribution in [2.75, 3.05) is 0 Å². The average Bonchev–Trinajstić information content (AvgIpc) is 2.94. The SMILES string of the molecule is Cc1nnc(SCc2ccc(Br)cc2)n1N=Cc1c(Cl)cccc1Cl. The molecule has 128 valence electrons. The van der Waals surface area contributed by atoms with E-state index in [-0.39, 0.29) is 0 Å². The van der Waals surface area contributed by atoms with Crippen molar-refractivity contribution in [2.45, 2.75) is 17.8 Å². The minimum atomic E-state index is 0.547. The van der Waals surface area contributed by atoms with Gasteiger partial charge in [-0.1, -0.05) is 69.1 Å². The Morgan fingerprint density at radius 1 is 1.12 bits per heavy atom. The number of rotatable bonds is 5. The van der Waals surface area contributed by atoms with Crippen LogP contribution >= 0.6 is 50.9 Å². The van der Waals surface area contributed by atoms with Gasteiger partial charge in [-0.25, -0.2) is 0 Å². The zero-order valence-electron chi connectivity index (χ0n) is 13.2. The first-order valence-electron chi connectivity index (χ1n) is 7.32. The molecule has 0 saturated heterocycles. The summed E-state index contributed by atoms with van der Waals surface area (Å²) in [5, 5.41) is 14.6. The molecule has 1 aromatic heterocycles. The summed E-state index contributed by atoms with van der Waals surface area (Å²) in [5.74, 6) is 1.46. The molecule has 3 aromatic rings. The van der Waals surface area contributed by atoms with E-state index in [1.807, 2.05) is 19.1 Å². The summed E-state index contributed by atoms with van der Waals surface area (Å²) in [4.78, 5) is 0. The molecule has 1 heterocycles. The van der Waals surface area contributed by atoms with Crippen molar-refractivity contribution in [3.8, 4) is 0 Å². The number of halogens is 3. The Kier molecular flexibility index (Phi) is 6.17. The topological polar surface area (TPSA) is 43.1 Å². The van der Waals surface area contributed by atoms with Gasteiger partial charge in [-0.15, -0.1) is 10.2 Å². The molecule has 0 atom stereocenters. The standard InChI is InChI=1S/C17H13BrCl2N4S/c1-11-22-23-17(25-10-12-5-7-13(18)8-6-12)24(11)21-9-14-15(19)3-2-4-16(14)20/h2-9H,10H2,1H3. The van der Waals surface area contributed by atoms with Gasteiger partial charge in [-0.05, 0) is 36.8 Å². The molecule has 0 unspecified atom stereocenters. The van der Waals surface area contributed by atoms with Gasteiger partial charge in [0.15, 0.2) is 5.82 Å². The zero-order valence-corrected chi connectivity index (χ0v) is 17.1. The Labute approximate surface area is 168 Å². The van der Waals surface area contributed by atoms with Gasteiger partial charge < -0.3 is 0 Å². The fourth-order valence-corrected chi connectivity index (χ4v) is 3.69. The van der Waals surface area contributed by atoms with Gasteiger partial charge in [-0.3, -0.25) is 0 Å². The number of aryl methyl sites for hydroxylation is 1. The highest BCUT2D eigenvalue weighted by Gasteiger charge is 2.10. The lowest BCUT2D eigenvalue weighted by atomic mass is 10.2. The Hall–Kier alpha value is -1.34. The molecule has 25 heavy (non-hydrogen) atoms.